The van der Waals surface area contributed by atoms with Crippen molar-refractivity contribution in [2.75, 3.05) is 26.2 Å². The van der Waals surface area contributed by atoms with Gasteiger partial charge >= 0.3 is 0 Å². The molecule has 8 nitrogen and oxygen atoms in total. The Bertz CT molecular complexity index is 1100. The first-order valence-corrected chi connectivity index (χ1v) is 12.2. The Morgan fingerprint density at radius 2 is 1.47 bits per heavy atom. The van der Waals surface area contributed by atoms with E-state index >= 15 is 0 Å². The number of hydrogen-bond donors (Lipinski definition) is 1. The molecule has 3 rings (SSSR count). The van der Waals surface area contributed by atoms with Crippen molar-refractivity contribution in [3.63, 3.8) is 0 Å². The van der Waals surface area contributed by atoms with E-state index in [0.717, 1.165) is 8.61 Å². The van der Waals surface area contributed by atoms with Gasteiger partial charge in [-0.2, -0.15) is 8.61 Å². The maximum atomic E-state index is 13.2. The van der Waals surface area contributed by atoms with E-state index in [1.54, 1.807) is 36.4 Å². The molecule has 0 aromatic heterocycles. The predicted molar refractivity (Wildman–Crippen MR) is 113 cm³/mol. The van der Waals surface area contributed by atoms with Gasteiger partial charge in [-0.05, 0) is 24.3 Å². The van der Waals surface area contributed by atoms with Crippen LogP contribution in [0, 0.1) is 0 Å². The lowest BCUT2D eigenvalue weighted by atomic mass is 10.2. The van der Waals surface area contributed by atoms with Gasteiger partial charge in [0.2, 0.25) is 26.0 Å². The van der Waals surface area contributed by atoms with Crippen LogP contribution in [0.1, 0.15) is 0 Å². The quantitative estimate of drug-likeness (QED) is 0.637. The van der Waals surface area contributed by atoms with Gasteiger partial charge in [-0.25, -0.2) is 16.8 Å². The number of sulfonamides is 2. The molecule has 30 heavy (non-hydrogen) atoms. The lowest BCUT2D eigenvalue weighted by molar-refractivity contribution is -0.125. The van der Waals surface area contributed by atoms with Crippen LogP contribution in [0.5, 0.6) is 0 Å². The lowest BCUT2D eigenvalue weighted by Crippen LogP contribution is -2.61. The molecule has 1 atom stereocenters. The third kappa shape index (κ3) is 4.46. The van der Waals surface area contributed by atoms with Crippen molar-refractivity contribution in [3.05, 3.63) is 73.3 Å². The molecular formula is C20H23N3O5S2. The Labute approximate surface area is 176 Å². The van der Waals surface area contributed by atoms with E-state index in [9.17, 15) is 21.6 Å². The summed E-state index contributed by atoms with van der Waals surface area (Å²) in [6.07, 6.45) is 1.47. The molecule has 10 heteroatoms. The molecule has 1 fully saturated rings. The fraction of sp³-hybridized carbons (Fsp3) is 0.250. The summed E-state index contributed by atoms with van der Waals surface area (Å²) in [4.78, 5) is 12.9. The highest BCUT2D eigenvalue weighted by atomic mass is 32.2. The molecule has 0 saturated carbocycles. The molecular weight excluding hydrogens is 426 g/mol. The second kappa shape index (κ2) is 9.09. The summed E-state index contributed by atoms with van der Waals surface area (Å²) in [6, 6.07) is 14.4. The number of nitrogens with one attached hydrogen (secondary N) is 1. The highest BCUT2D eigenvalue weighted by Crippen LogP contribution is 2.25. The zero-order valence-electron chi connectivity index (χ0n) is 16.2. The van der Waals surface area contributed by atoms with E-state index in [0.29, 0.717) is 0 Å². The van der Waals surface area contributed by atoms with E-state index < -0.39 is 32.0 Å². The Hall–Kier alpha value is -2.53. The van der Waals surface area contributed by atoms with Crippen LogP contribution in [0.2, 0.25) is 0 Å². The molecule has 1 amide bonds. The minimum atomic E-state index is -3.99. The number of rotatable bonds is 7. The molecule has 0 bridgehead atoms. The summed E-state index contributed by atoms with van der Waals surface area (Å²) < 4.78 is 54.5. The summed E-state index contributed by atoms with van der Waals surface area (Å²) in [5.74, 6) is -0.581. The normalized spacial score (nSPS) is 18.6. The fourth-order valence-corrected chi connectivity index (χ4v) is 6.27. The summed E-state index contributed by atoms with van der Waals surface area (Å²) in [5.41, 5.74) is 0. The molecule has 0 unspecified atom stereocenters. The Morgan fingerprint density at radius 1 is 0.933 bits per heavy atom. The van der Waals surface area contributed by atoms with Gasteiger partial charge in [0.15, 0.2) is 0 Å². The average Bonchev–Trinajstić information content (AvgIpc) is 2.78. The van der Waals surface area contributed by atoms with E-state index in [2.05, 4.69) is 11.9 Å². The molecule has 0 aliphatic carbocycles. The standard InChI is InChI=1S/C20H23N3O5S2/c1-2-13-21-20(24)19-16-22(29(25,26)17-9-5-3-6-10-17)14-15-23(19)30(27,28)18-11-7-4-8-12-18/h2-12,19H,1,13-16H2,(H,21,24)/t19-/m1/s1. The van der Waals surface area contributed by atoms with Crippen molar-refractivity contribution in [2.24, 2.45) is 0 Å². The number of benzene rings is 2. The lowest BCUT2D eigenvalue weighted by Gasteiger charge is -2.38. The van der Waals surface area contributed by atoms with E-state index in [1.807, 2.05) is 0 Å². The highest BCUT2D eigenvalue weighted by Gasteiger charge is 2.43. The zero-order chi connectivity index (χ0) is 21.8. The van der Waals surface area contributed by atoms with Crippen LogP contribution in [0.4, 0.5) is 0 Å². The summed E-state index contributed by atoms with van der Waals surface area (Å²) in [6.45, 7) is 3.18. The molecule has 1 aliphatic rings. The number of hydrogen-bond acceptors (Lipinski definition) is 5. The van der Waals surface area contributed by atoms with Crippen molar-refractivity contribution in [3.8, 4) is 0 Å². The molecule has 2 aromatic carbocycles. The first-order valence-electron chi connectivity index (χ1n) is 9.29. The second-order valence-corrected chi connectivity index (χ2v) is 10.5. The van der Waals surface area contributed by atoms with Crippen LogP contribution in [0.3, 0.4) is 0 Å². The third-order valence-electron chi connectivity index (χ3n) is 4.75. The predicted octanol–water partition coefficient (Wildman–Crippen LogP) is 1.05. The van der Waals surface area contributed by atoms with Crippen LogP contribution in [-0.4, -0.2) is 63.6 Å². The minimum Gasteiger partial charge on any atom is -0.351 e. The second-order valence-electron chi connectivity index (χ2n) is 6.65. The van der Waals surface area contributed by atoms with Crippen molar-refractivity contribution in [2.45, 2.75) is 15.8 Å². The molecule has 0 radical (unpaired) electrons. The van der Waals surface area contributed by atoms with Crippen LogP contribution in [0.15, 0.2) is 83.1 Å². The number of nitrogens with zero attached hydrogens (tertiary/aromatic N) is 2. The van der Waals surface area contributed by atoms with Gasteiger partial charge in [0.25, 0.3) is 0 Å². The van der Waals surface area contributed by atoms with Gasteiger partial charge in [0.05, 0.1) is 9.79 Å². The minimum absolute atomic E-state index is 0.0471. The van der Waals surface area contributed by atoms with Crippen LogP contribution < -0.4 is 5.32 Å². The van der Waals surface area contributed by atoms with Gasteiger partial charge < -0.3 is 5.32 Å². The molecule has 1 saturated heterocycles. The van der Waals surface area contributed by atoms with Gasteiger partial charge in [-0.1, -0.05) is 42.5 Å². The number of piperazine rings is 1. The molecule has 160 valence electrons. The highest BCUT2D eigenvalue weighted by molar-refractivity contribution is 7.89. The smallest absolute Gasteiger partial charge is 0.243 e. The molecule has 2 aromatic rings. The van der Waals surface area contributed by atoms with Crippen LogP contribution in [0.25, 0.3) is 0 Å². The third-order valence-corrected chi connectivity index (χ3v) is 8.55. The first kappa shape index (κ1) is 22.2. The van der Waals surface area contributed by atoms with Crippen molar-refractivity contribution < 1.29 is 21.6 Å². The topological polar surface area (TPSA) is 104 Å². The average molecular weight is 450 g/mol. The SMILES string of the molecule is C=CCNC(=O)[C@H]1CN(S(=O)(=O)c2ccccc2)CCN1S(=O)(=O)c1ccccc1. The Morgan fingerprint density at radius 3 is 2.00 bits per heavy atom. The van der Waals surface area contributed by atoms with Gasteiger partial charge in [0, 0.05) is 26.2 Å². The number of carbonyl (C=O) groups is 1. The number of amides is 1. The van der Waals surface area contributed by atoms with E-state index in [1.165, 1.54) is 30.3 Å². The molecule has 1 N–H and O–H groups in total. The monoisotopic (exact) mass is 449 g/mol. The summed E-state index contributed by atoms with van der Waals surface area (Å²) in [5, 5.41) is 2.58. The van der Waals surface area contributed by atoms with Crippen LogP contribution >= 0.6 is 0 Å². The molecule has 1 heterocycles. The van der Waals surface area contributed by atoms with Gasteiger partial charge in [-0.15, -0.1) is 6.58 Å². The van der Waals surface area contributed by atoms with E-state index in [-0.39, 0.29) is 36.0 Å². The fourth-order valence-electron chi connectivity index (χ4n) is 3.22. The summed E-state index contributed by atoms with van der Waals surface area (Å²) in [7, 11) is -7.86. The van der Waals surface area contributed by atoms with Crippen molar-refractivity contribution in [1.82, 2.24) is 13.9 Å². The van der Waals surface area contributed by atoms with Crippen LogP contribution in [-0.2, 0) is 24.8 Å². The Kier molecular flexibility index (Phi) is 6.71. The van der Waals surface area contributed by atoms with Gasteiger partial charge in [0.1, 0.15) is 6.04 Å². The van der Waals surface area contributed by atoms with Crippen molar-refractivity contribution >= 4 is 26.0 Å². The molecule has 1 aliphatic heterocycles. The van der Waals surface area contributed by atoms with Crippen molar-refractivity contribution in [1.29, 1.82) is 0 Å². The first-order chi connectivity index (χ1) is 14.3. The summed E-state index contributed by atoms with van der Waals surface area (Å²) >= 11 is 0. The Balaban J connectivity index is 1.95. The van der Waals surface area contributed by atoms with E-state index in [4.69, 9.17) is 0 Å². The largest absolute Gasteiger partial charge is 0.351 e. The zero-order valence-corrected chi connectivity index (χ0v) is 17.8. The maximum absolute atomic E-state index is 13.2. The van der Waals surface area contributed by atoms with Gasteiger partial charge in [-0.3, -0.25) is 4.79 Å². The maximum Gasteiger partial charge on any atom is 0.243 e. The molecule has 0 spiro atoms. The number of carbonyl (C=O) groups excluding carboxylic acids is 1.